The molecule has 0 heterocycles. The fourth-order valence-electron chi connectivity index (χ4n) is 1.31. The Labute approximate surface area is 136 Å². The summed E-state index contributed by atoms with van der Waals surface area (Å²) in [6.45, 7) is 8.69. The van der Waals surface area contributed by atoms with Crippen molar-refractivity contribution >= 4 is 54.3 Å². The standard InChI is InChI=1S/C13H19Cl2N3SSi/c1-9(10-5-6-11(14)12(15)7-10)17-18-13(19)16-8-20(2,3)4/h5-7H,8H2,1-4H3,(H2,16,18,19)/b17-9+. The quantitative estimate of drug-likeness (QED) is 0.373. The second-order valence-electron chi connectivity index (χ2n) is 5.68. The minimum absolute atomic E-state index is 0.512. The monoisotopic (exact) mass is 347 g/mol. The van der Waals surface area contributed by atoms with Gasteiger partial charge in [0.15, 0.2) is 5.11 Å². The van der Waals surface area contributed by atoms with Crippen LogP contribution in [0.15, 0.2) is 23.3 Å². The molecule has 0 amide bonds. The smallest absolute Gasteiger partial charge is 0.186 e. The minimum Gasteiger partial charge on any atom is -0.364 e. The van der Waals surface area contributed by atoms with E-state index in [4.69, 9.17) is 35.4 Å². The van der Waals surface area contributed by atoms with Crippen molar-refractivity contribution in [1.29, 1.82) is 0 Å². The Hall–Kier alpha value is -0.623. The number of benzene rings is 1. The van der Waals surface area contributed by atoms with Gasteiger partial charge >= 0.3 is 0 Å². The maximum atomic E-state index is 5.98. The number of thiocarbonyl (C=S) groups is 1. The first-order valence-electron chi connectivity index (χ1n) is 6.22. The lowest BCUT2D eigenvalue weighted by Crippen LogP contribution is -2.43. The molecule has 0 fully saturated rings. The molecular formula is C13H19Cl2N3SSi. The molecule has 0 aliphatic carbocycles. The van der Waals surface area contributed by atoms with E-state index in [1.165, 1.54) is 0 Å². The molecule has 0 saturated carbocycles. The molecule has 0 aliphatic rings. The van der Waals surface area contributed by atoms with Gasteiger partial charge in [0.05, 0.1) is 23.8 Å². The fourth-order valence-corrected chi connectivity index (χ4v) is 2.56. The summed E-state index contributed by atoms with van der Waals surface area (Å²) in [5.74, 6) is 0. The Bertz CT molecular complexity index is 527. The van der Waals surface area contributed by atoms with Gasteiger partial charge in [-0.15, -0.1) is 0 Å². The molecule has 0 aliphatic heterocycles. The second kappa shape index (κ2) is 7.40. The Morgan fingerprint density at radius 3 is 2.45 bits per heavy atom. The topological polar surface area (TPSA) is 36.4 Å². The van der Waals surface area contributed by atoms with Gasteiger partial charge in [0, 0.05) is 6.17 Å². The van der Waals surface area contributed by atoms with Crippen LogP contribution >= 0.6 is 35.4 Å². The third-order valence-corrected chi connectivity index (χ3v) is 4.65. The molecule has 3 nitrogen and oxygen atoms in total. The van der Waals surface area contributed by atoms with Crippen LogP contribution in [0.25, 0.3) is 0 Å². The average Bonchev–Trinajstić information content (AvgIpc) is 2.36. The lowest BCUT2D eigenvalue weighted by Gasteiger charge is -2.17. The molecule has 0 saturated heterocycles. The molecule has 1 aromatic rings. The van der Waals surface area contributed by atoms with Crippen LogP contribution in [-0.2, 0) is 0 Å². The van der Waals surface area contributed by atoms with E-state index >= 15 is 0 Å². The van der Waals surface area contributed by atoms with E-state index in [1.807, 2.05) is 13.0 Å². The van der Waals surface area contributed by atoms with Crippen molar-refractivity contribution in [2.75, 3.05) is 6.17 Å². The first-order chi connectivity index (χ1) is 9.19. The maximum absolute atomic E-state index is 5.98. The Balaban J connectivity index is 2.61. The summed E-state index contributed by atoms with van der Waals surface area (Å²) in [7, 11) is -1.17. The lowest BCUT2D eigenvalue weighted by molar-refractivity contribution is 0.948. The summed E-state index contributed by atoms with van der Waals surface area (Å²) in [4.78, 5) is 0. The lowest BCUT2D eigenvalue weighted by atomic mass is 10.1. The average molecular weight is 348 g/mol. The van der Waals surface area contributed by atoms with Crippen LogP contribution in [0.4, 0.5) is 0 Å². The van der Waals surface area contributed by atoms with Crippen molar-refractivity contribution in [1.82, 2.24) is 10.7 Å². The zero-order chi connectivity index (χ0) is 15.3. The number of halogens is 2. The summed E-state index contributed by atoms with van der Waals surface area (Å²) in [5.41, 5.74) is 4.54. The highest BCUT2D eigenvalue weighted by Crippen LogP contribution is 2.22. The van der Waals surface area contributed by atoms with Gasteiger partial charge < -0.3 is 5.32 Å². The van der Waals surface area contributed by atoms with Crippen molar-refractivity contribution in [3.8, 4) is 0 Å². The molecule has 0 atom stereocenters. The molecule has 20 heavy (non-hydrogen) atoms. The van der Waals surface area contributed by atoms with Crippen LogP contribution in [0.5, 0.6) is 0 Å². The predicted molar refractivity (Wildman–Crippen MR) is 95.8 cm³/mol. The molecule has 0 bridgehead atoms. The normalized spacial score (nSPS) is 12.2. The van der Waals surface area contributed by atoms with Crippen molar-refractivity contribution in [2.45, 2.75) is 26.6 Å². The Kier molecular flexibility index (Phi) is 6.45. The van der Waals surface area contributed by atoms with E-state index in [-0.39, 0.29) is 0 Å². The number of hydrogen-bond donors (Lipinski definition) is 2. The van der Waals surface area contributed by atoms with Crippen LogP contribution < -0.4 is 10.7 Å². The largest absolute Gasteiger partial charge is 0.364 e. The van der Waals surface area contributed by atoms with Crippen LogP contribution in [0.3, 0.4) is 0 Å². The van der Waals surface area contributed by atoms with Gasteiger partial charge in [-0.2, -0.15) is 5.10 Å². The summed E-state index contributed by atoms with van der Waals surface area (Å²) in [6.07, 6.45) is 0.917. The van der Waals surface area contributed by atoms with Crippen LogP contribution in [0, 0.1) is 0 Å². The molecule has 110 valence electrons. The SMILES string of the molecule is C/C(=N\NC(=S)NC[Si](C)(C)C)c1ccc(Cl)c(Cl)c1. The second-order valence-corrected chi connectivity index (χ2v) is 12.4. The van der Waals surface area contributed by atoms with Gasteiger partial charge in [-0.3, -0.25) is 5.43 Å². The zero-order valence-corrected chi connectivity index (χ0v) is 15.4. The summed E-state index contributed by atoms with van der Waals surface area (Å²) in [6, 6.07) is 5.40. The molecule has 0 aromatic heterocycles. The Morgan fingerprint density at radius 2 is 1.90 bits per heavy atom. The number of nitrogens with zero attached hydrogens (tertiary/aromatic N) is 1. The van der Waals surface area contributed by atoms with Crippen molar-refractivity contribution in [3.63, 3.8) is 0 Å². The number of rotatable bonds is 4. The predicted octanol–water partition coefficient (Wildman–Crippen LogP) is 4.06. The molecular weight excluding hydrogens is 329 g/mol. The van der Waals surface area contributed by atoms with Crippen molar-refractivity contribution in [2.24, 2.45) is 5.10 Å². The maximum Gasteiger partial charge on any atom is 0.186 e. The summed E-state index contributed by atoms with van der Waals surface area (Å²) < 4.78 is 0. The van der Waals surface area contributed by atoms with Gasteiger partial charge in [-0.05, 0) is 36.8 Å². The first kappa shape index (κ1) is 17.4. The number of hydrogen-bond acceptors (Lipinski definition) is 2. The van der Waals surface area contributed by atoms with Crippen LogP contribution in [-0.4, -0.2) is 25.1 Å². The van der Waals surface area contributed by atoms with E-state index in [1.54, 1.807) is 12.1 Å². The number of nitrogens with one attached hydrogen (secondary N) is 2. The van der Waals surface area contributed by atoms with Crippen LogP contribution in [0.1, 0.15) is 12.5 Å². The van der Waals surface area contributed by atoms with Gasteiger partial charge in [0.1, 0.15) is 0 Å². The number of hydrazone groups is 1. The fraction of sp³-hybridized carbons (Fsp3) is 0.385. The van der Waals surface area contributed by atoms with Crippen molar-refractivity contribution < 1.29 is 0 Å². The van der Waals surface area contributed by atoms with Gasteiger partial charge in [-0.1, -0.05) is 48.9 Å². The molecule has 0 spiro atoms. The van der Waals surface area contributed by atoms with Gasteiger partial charge in [0.2, 0.25) is 0 Å². The first-order valence-corrected chi connectivity index (χ1v) is 11.1. The summed E-state index contributed by atoms with van der Waals surface area (Å²) >= 11 is 17.0. The molecule has 7 heteroatoms. The van der Waals surface area contributed by atoms with Crippen LogP contribution in [0.2, 0.25) is 29.7 Å². The van der Waals surface area contributed by atoms with E-state index in [0.717, 1.165) is 17.4 Å². The van der Waals surface area contributed by atoms with Gasteiger partial charge in [0.25, 0.3) is 0 Å². The van der Waals surface area contributed by atoms with E-state index in [9.17, 15) is 0 Å². The van der Waals surface area contributed by atoms with E-state index in [0.29, 0.717) is 15.2 Å². The highest BCUT2D eigenvalue weighted by atomic mass is 35.5. The molecule has 1 aromatic carbocycles. The van der Waals surface area contributed by atoms with E-state index < -0.39 is 8.07 Å². The summed E-state index contributed by atoms with van der Waals surface area (Å²) in [5, 5.41) is 9.00. The van der Waals surface area contributed by atoms with E-state index in [2.05, 4.69) is 35.5 Å². The molecule has 2 N–H and O–H groups in total. The Morgan fingerprint density at radius 1 is 1.25 bits per heavy atom. The molecule has 0 radical (unpaired) electrons. The zero-order valence-electron chi connectivity index (χ0n) is 12.1. The molecule has 1 rings (SSSR count). The third-order valence-electron chi connectivity index (χ3n) is 2.44. The van der Waals surface area contributed by atoms with Crippen molar-refractivity contribution in [3.05, 3.63) is 33.8 Å². The molecule has 0 unspecified atom stereocenters. The highest BCUT2D eigenvalue weighted by molar-refractivity contribution is 7.80. The minimum atomic E-state index is -1.17. The van der Waals surface area contributed by atoms with Gasteiger partial charge in [-0.25, -0.2) is 0 Å². The highest BCUT2D eigenvalue weighted by Gasteiger charge is 2.12. The third kappa shape index (κ3) is 6.22.